The Bertz CT molecular complexity index is 395. The van der Waals surface area contributed by atoms with Crippen LogP contribution in [-0.2, 0) is 4.74 Å². The smallest absolute Gasteiger partial charge is 0.243 e. The van der Waals surface area contributed by atoms with E-state index in [0.29, 0.717) is 24.5 Å². The van der Waals surface area contributed by atoms with E-state index in [1.54, 1.807) is 7.11 Å². The minimum Gasteiger partial charge on any atom is -0.385 e. The van der Waals surface area contributed by atoms with E-state index in [-0.39, 0.29) is 0 Å². The number of aromatic nitrogens is 3. The molecule has 19 heavy (non-hydrogen) atoms. The fourth-order valence-corrected chi connectivity index (χ4v) is 1.98. The highest BCUT2D eigenvalue weighted by Crippen LogP contribution is 2.18. The lowest BCUT2D eigenvalue weighted by Gasteiger charge is -2.16. The van der Waals surface area contributed by atoms with Gasteiger partial charge in [-0.1, -0.05) is 0 Å². The summed E-state index contributed by atoms with van der Waals surface area (Å²) in [7, 11) is 1.69. The molecule has 1 fully saturated rings. The maximum Gasteiger partial charge on any atom is 0.243 e. The molecule has 8 heteroatoms. The molecule has 0 radical (unpaired) electrons. The first-order valence-corrected chi connectivity index (χ1v) is 6.54. The Morgan fingerprint density at radius 2 is 1.95 bits per heavy atom. The van der Waals surface area contributed by atoms with Crippen molar-refractivity contribution in [2.45, 2.75) is 19.3 Å². The zero-order valence-electron chi connectivity index (χ0n) is 11.2. The van der Waals surface area contributed by atoms with Crippen LogP contribution in [0.25, 0.3) is 0 Å². The van der Waals surface area contributed by atoms with Gasteiger partial charge in [0.2, 0.25) is 17.8 Å². The van der Waals surface area contributed by atoms with Crippen molar-refractivity contribution in [2.24, 2.45) is 5.84 Å². The minimum absolute atomic E-state index is 0.381. The summed E-state index contributed by atoms with van der Waals surface area (Å²) < 4.78 is 5.00. The fourth-order valence-electron chi connectivity index (χ4n) is 1.98. The predicted molar refractivity (Wildman–Crippen MR) is 74.1 cm³/mol. The largest absolute Gasteiger partial charge is 0.385 e. The van der Waals surface area contributed by atoms with E-state index < -0.39 is 0 Å². The van der Waals surface area contributed by atoms with Gasteiger partial charge in [0.05, 0.1) is 0 Å². The second kappa shape index (κ2) is 7.05. The second-order valence-corrected chi connectivity index (χ2v) is 4.39. The summed E-state index contributed by atoms with van der Waals surface area (Å²) >= 11 is 0. The van der Waals surface area contributed by atoms with Crippen LogP contribution in [0.2, 0.25) is 0 Å². The van der Waals surface area contributed by atoms with Crippen molar-refractivity contribution in [3.8, 4) is 0 Å². The first kappa shape index (κ1) is 13.8. The van der Waals surface area contributed by atoms with Gasteiger partial charge in [-0.3, -0.25) is 5.43 Å². The lowest BCUT2D eigenvalue weighted by atomic mass is 10.4. The first-order valence-electron chi connectivity index (χ1n) is 6.54. The lowest BCUT2D eigenvalue weighted by Crippen LogP contribution is -2.23. The molecule has 1 aromatic heterocycles. The molecule has 1 aliphatic heterocycles. The molecule has 4 N–H and O–H groups in total. The van der Waals surface area contributed by atoms with Crippen LogP contribution < -0.4 is 21.5 Å². The van der Waals surface area contributed by atoms with Crippen LogP contribution in [0.4, 0.5) is 17.8 Å². The van der Waals surface area contributed by atoms with Gasteiger partial charge in [-0.25, -0.2) is 5.84 Å². The fraction of sp³-hybridized carbons (Fsp3) is 0.727. The molecule has 1 saturated heterocycles. The molecule has 0 aromatic carbocycles. The van der Waals surface area contributed by atoms with Crippen molar-refractivity contribution in [3.63, 3.8) is 0 Å². The molecule has 0 spiro atoms. The Hall–Kier alpha value is -1.67. The van der Waals surface area contributed by atoms with Crippen molar-refractivity contribution in [2.75, 3.05) is 49.0 Å². The van der Waals surface area contributed by atoms with E-state index in [2.05, 4.69) is 30.6 Å². The van der Waals surface area contributed by atoms with Crippen molar-refractivity contribution in [3.05, 3.63) is 0 Å². The third kappa shape index (κ3) is 3.90. The molecule has 106 valence electrons. The highest BCUT2D eigenvalue weighted by molar-refractivity contribution is 5.43. The van der Waals surface area contributed by atoms with Crippen LogP contribution in [0.3, 0.4) is 0 Å². The average molecular weight is 267 g/mol. The Morgan fingerprint density at radius 3 is 2.63 bits per heavy atom. The summed E-state index contributed by atoms with van der Waals surface area (Å²) in [4.78, 5) is 15.0. The first-order chi connectivity index (χ1) is 9.33. The number of methoxy groups -OCH3 is 1. The quantitative estimate of drug-likeness (QED) is 0.366. The number of nitrogens with one attached hydrogen (secondary N) is 2. The number of ether oxygens (including phenoxy) is 1. The van der Waals surface area contributed by atoms with Crippen molar-refractivity contribution in [1.82, 2.24) is 15.0 Å². The van der Waals surface area contributed by atoms with E-state index in [0.717, 1.165) is 26.1 Å². The number of rotatable bonds is 7. The van der Waals surface area contributed by atoms with Crippen LogP contribution in [0.5, 0.6) is 0 Å². The van der Waals surface area contributed by atoms with E-state index in [9.17, 15) is 0 Å². The standard InChI is InChI=1S/C11H21N7O/c1-19-8-4-5-13-9-14-10(17-12)16-11(15-9)18-6-2-3-7-18/h2-8,12H2,1H3,(H2,13,14,15,16,17). The molecular weight excluding hydrogens is 246 g/mol. The number of nitrogens with zero attached hydrogens (tertiary/aromatic N) is 4. The van der Waals surface area contributed by atoms with E-state index in [1.807, 2.05) is 0 Å². The summed E-state index contributed by atoms with van der Waals surface area (Å²) in [5.41, 5.74) is 2.48. The molecule has 2 rings (SSSR count). The van der Waals surface area contributed by atoms with Gasteiger partial charge in [-0.2, -0.15) is 15.0 Å². The number of nitrogens with two attached hydrogens (primary N) is 1. The molecule has 0 bridgehead atoms. The minimum atomic E-state index is 0.381. The van der Waals surface area contributed by atoms with Crippen molar-refractivity contribution >= 4 is 17.8 Å². The summed E-state index contributed by atoms with van der Waals surface area (Å²) in [5, 5.41) is 3.15. The van der Waals surface area contributed by atoms with E-state index in [4.69, 9.17) is 10.6 Å². The van der Waals surface area contributed by atoms with Gasteiger partial charge in [-0.15, -0.1) is 0 Å². The lowest BCUT2D eigenvalue weighted by molar-refractivity contribution is 0.197. The van der Waals surface area contributed by atoms with Gasteiger partial charge in [0.15, 0.2) is 0 Å². The molecule has 0 amide bonds. The average Bonchev–Trinajstić information content (AvgIpc) is 2.97. The maximum atomic E-state index is 5.39. The molecule has 0 saturated carbocycles. The Kier molecular flexibility index (Phi) is 5.10. The molecule has 8 nitrogen and oxygen atoms in total. The Morgan fingerprint density at radius 1 is 1.21 bits per heavy atom. The molecule has 0 aliphatic carbocycles. The maximum absolute atomic E-state index is 5.39. The summed E-state index contributed by atoms with van der Waals surface area (Å²) in [6.07, 6.45) is 3.24. The van der Waals surface area contributed by atoms with Gasteiger partial charge >= 0.3 is 0 Å². The van der Waals surface area contributed by atoms with Crippen LogP contribution in [-0.4, -0.2) is 48.3 Å². The molecular formula is C11H21N7O. The number of anilines is 3. The molecule has 1 aliphatic rings. The third-order valence-electron chi connectivity index (χ3n) is 2.95. The van der Waals surface area contributed by atoms with E-state index in [1.165, 1.54) is 12.8 Å². The summed E-state index contributed by atoms with van der Waals surface area (Å²) in [6.45, 7) is 3.43. The topological polar surface area (TPSA) is 101 Å². The summed E-state index contributed by atoms with van der Waals surface area (Å²) in [6, 6.07) is 0. The predicted octanol–water partition coefficient (Wildman–Crippen LogP) is 0.206. The van der Waals surface area contributed by atoms with Gasteiger partial charge in [-0.05, 0) is 19.3 Å². The van der Waals surface area contributed by atoms with Gasteiger partial charge in [0.25, 0.3) is 0 Å². The SMILES string of the molecule is COCCCNc1nc(NN)nc(N2CCCC2)n1. The zero-order valence-corrected chi connectivity index (χ0v) is 11.2. The number of hydrazine groups is 1. The van der Waals surface area contributed by atoms with Gasteiger partial charge in [0, 0.05) is 33.4 Å². The number of nitrogen functional groups attached to an aromatic ring is 1. The zero-order chi connectivity index (χ0) is 13.5. The van der Waals surface area contributed by atoms with Crippen LogP contribution in [0.15, 0.2) is 0 Å². The van der Waals surface area contributed by atoms with Gasteiger partial charge in [0.1, 0.15) is 0 Å². The highest BCUT2D eigenvalue weighted by atomic mass is 16.5. The monoisotopic (exact) mass is 267 g/mol. The Labute approximate surface area is 112 Å². The second-order valence-electron chi connectivity index (χ2n) is 4.39. The Balaban J connectivity index is 2.02. The van der Waals surface area contributed by atoms with Crippen molar-refractivity contribution < 1.29 is 4.74 Å². The molecule has 2 heterocycles. The van der Waals surface area contributed by atoms with E-state index >= 15 is 0 Å². The molecule has 0 unspecified atom stereocenters. The number of hydrogen-bond donors (Lipinski definition) is 3. The van der Waals surface area contributed by atoms with Crippen LogP contribution in [0.1, 0.15) is 19.3 Å². The van der Waals surface area contributed by atoms with Crippen LogP contribution in [0, 0.1) is 0 Å². The number of hydrogen-bond acceptors (Lipinski definition) is 8. The van der Waals surface area contributed by atoms with Crippen LogP contribution >= 0.6 is 0 Å². The molecule has 0 atom stereocenters. The highest BCUT2D eigenvalue weighted by Gasteiger charge is 2.17. The van der Waals surface area contributed by atoms with Crippen molar-refractivity contribution in [1.29, 1.82) is 0 Å². The van der Waals surface area contributed by atoms with Gasteiger partial charge < -0.3 is 15.0 Å². The third-order valence-corrected chi connectivity index (χ3v) is 2.95. The molecule has 1 aromatic rings. The normalized spacial score (nSPS) is 14.7. The summed E-state index contributed by atoms with van der Waals surface area (Å²) in [5.74, 6) is 6.99.